The molecule has 4 N–H and O–H groups in total. The van der Waals surface area contributed by atoms with E-state index in [0.29, 0.717) is 23.5 Å². The Morgan fingerprint density at radius 2 is 1.93 bits per heavy atom. The zero-order chi connectivity index (χ0) is 19.8. The molecular formula is C20H16N8O. The van der Waals surface area contributed by atoms with Crippen molar-refractivity contribution in [3.8, 4) is 22.5 Å². The smallest absolute Gasteiger partial charge is 0.229 e. The molecule has 0 bridgehead atoms. The van der Waals surface area contributed by atoms with Crippen molar-refractivity contribution in [2.24, 2.45) is 0 Å². The number of anilines is 3. The summed E-state index contributed by atoms with van der Waals surface area (Å²) in [6.07, 6.45) is 3.47. The largest absolute Gasteiger partial charge is 0.383 e. The third-order valence-electron chi connectivity index (χ3n) is 4.50. The van der Waals surface area contributed by atoms with E-state index in [9.17, 15) is 0 Å². The number of nitrogens with two attached hydrogens (primary N) is 1. The molecule has 9 heteroatoms. The van der Waals surface area contributed by atoms with Crippen LogP contribution < -0.4 is 11.1 Å². The third-order valence-corrected chi connectivity index (χ3v) is 4.50. The van der Waals surface area contributed by atoms with Crippen LogP contribution in [0.3, 0.4) is 0 Å². The van der Waals surface area contributed by atoms with Crippen LogP contribution >= 0.6 is 0 Å². The van der Waals surface area contributed by atoms with Crippen LogP contribution in [0.25, 0.3) is 33.4 Å². The molecule has 2 aromatic carbocycles. The van der Waals surface area contributed by atoms with Crippen LogP contribution in [0, 0.1) is 6.92 Å². The van der Waals surface area contributed by atoms with Gasteiger partial charge in [-0.3, -0.25) is 5.10 Å². The van der Waals surface area contributed by atoms with E-state index in [1.54, 1.807) is 19.3 Å². The molecule has 0 saturated heterocycles. The highest BCUT2D eigenvalue weighted by molar-refractivity contribution is 5.96. The molecule has 0 aliphatic heterocycles. The molecule has 3 aromatic heterocycles. The Balaban J connectivity index is 1.45. The van der Waals surface area contributed by atoms with Crippen LogP contribution in [0.4, 0.5) is 17.5 Å². The fourth-order valence-electron chi connectivity index (χ4n) is 3.15. The number of aromatic amines is 1. The number of hydrogen-bond donors (Lipinski definition) is 3. The summed E-state index contributed by atoms with van der Waals surface area (Å²) in [5.74, 6) is 1.81. The average molecular weight is 384 g/mol. The molecule has 0 fully saturated rings. The number of nitrogens with one attached hydrogen (secondary N) is 2. The molecule has 0 aliphatic carbocycles. The van der Waals surface area contributed by atoms with Crippen LogP contribution in [-0.2, 0) is 0 Å². The third kappa shape index (κ3) is 3.14. The van der Waals surface area contributed by atoms with E-state index in [0.717, 1.165) is 33.3 Å². The Labute approximate surface area is 165 Å². The van der Waals surface area contributed by atoms with E-state index in [2.05, 4.69) is 35.6 Å². The van der Waals surface area contributed by atoms with Crippen molar-refractivity contribution in [3.05, 3.63) is 60.7 Å². The molecule has 0 unspecified atom stereocenters. The van der Waals surface area contributed by atoms with Gasteiger partial charge in [-0.2, -0.15) is 15.1 Å². The first-order valence-corrected chi connectivity index (χ1v) is 8.90. The lowest BCUT2D eigenvalue weighted by molar-refractivity contribution is 0.394. The van der Waals surface area contributed by atoms with Crippen molar-refractivity contribution in [2.45, 2.75) is 6.92 Å². The second-order valence-electron chi connectivity index (χ2n) is 6.47. The fraction of sp³-hybridized carbons (Fsp3) is 0.0500. The van der Waals surface area contributed by atoms with Gasteiger partial charge in [-0.15, -0.1) is 0 Å². The lowest BCUT2D eigenvalue weighted by Gasteiger charge is -2.10. The van der Waals surface area contributed by atoms with E-state index >= 15 is 0 Å². The summed E-state index contributed by atoms with van der Waals surface area (Å²) in [4.78, 5) is 13.1. The van der Waals surface area contributed by atoms with Gasteiger partial charge in [-0.25, -0.2) is 4.98 Å². The molecule has 0 radical (unpaired) electrons. The monoisotopic (exact) mass is 384 g/mol. The summed E-state index contributed by atoms with van der Waals surface area (Å²) in [6.45, 7) is 1.75. The minimum absolute atomic E-state index is 0.376. The fourth-order valence-corrected chi connectivity index (χ4v) is 3.15. The first kappa shape index (κ1) is 16.9. The van der Waals surface area contributed by atoms with Gasteiger partial charge in [0.25, 0.3) is 0 Å². The number of aryl methyl sites for hydroxylation is 1. The molecule has 9 nitrogen and oxygen atoms in total. The number of nitrogen functional groups attached to an aromatic ring is 1. The average Bonchev–Trinajstić information content (AvgIpc) is 3.37. The van der Waals surface area contributed by atoms with Gasteiger partial charge in [0.1, 0.15) is 5.82 Å². The quantitative estimate of drug-likeness (QED) is 0.427. The van der Waals surface area contributed by atoms with Crippen molar-refractivity contribution in [1.29, 1.82) is 0 Å². The molecule has 5 rings (SSSR count). The summed E-state index contributed by atoms with van der Waals surface area (Å²) >= 11 is 0. The summed E-state index contributed by atoms with van der Waals surface area (Å²) < 4.78 is 5.04. The maximum atomic E-state index is 6.24. The molecule has 0 atom stereocenters. The van der Waals surface area contributed by atoms with Gasteiger partial charge in [-0.05, 0) is 23.8 Å². The minimum atomic E-state index is 0.376. The first-order chi connectivity index (χ1) is 14.2. The molecule has 5 aromatic rings. The summed E-state index contributed by atoms with van der Waals surface area (Å²) in [5.41, 5.74) is 10.4. The standard InChI is InChI=1S/C20H16N8O/c1-11-24-19(28-29-11)12-4-2-5-13(8-12)25-20-22-9-16(18(21)26-20)14-6-3-7-17-15(14)10-23-27-17/h2-10H,1H3,(H,23,27)(H3,21,22,25,26). The summed E-state index contributed by atoms with van der Waals surface area (Å²) in [5, 5.41) is 15.1. The lowest BCUT2D eigenvalue weighted by atomic mass is 10.0. The van der Waals surface area contributed by atoms with Crippen molar-refractivity contribution in [2.75, 3.05) is 11.1 Å². The summed E-state index contributed by atoms with van der Waals surface area (Å²) in [7, 11) is 0. The summed E-state index contributed by atoms with van der Waals surface area (Å²) in [6, 6.07) is 13.4. The maximum Gasteiger partial charge on any atom is 0.229 e. The highest BCUT2D eigenvalue weighted by Crippen LogP contribution is 2.31. The molecule has 3 heterocycles. The molecule has 0 saturated carbocycles. The van der Waals surface area contributed by atoms with Gasteiger partial charge >= 0.3 is 0 Å². The number of hydrogen-bond acceptors (Lipinski definition) is 8. The van der Waals surface area contributed by atoms with Crippen LogP contribution in [0.15, 0.2) is 59.4 Å². The Bertz CT molecular complexity index is 1320. The van der Waals surface area contributed by atoms with E-state index in [1.165, 1.54) is 0 Å². The molecule has 0 spiro atoms. The predicted molar refractivity (Wildman–Crippen MR) is 109 cm³/mol. The van der Waals surface area contributed by atoms with Crippen LogP contribution in [0.1, 0.15) is 5.89 Å². The van der Waals surface area contributed by atoms with Crippen molar-refractivity contribution in [1.82, 2.24) is 30.3 Å². The van der Waals surface area contributed by atoms with Crippen LogP contribution in [0.2, 0.25) is 0 Å². The molecule has 0 amide bonds. The van der Waals surface area contributed by atoms with Crippen molar-refractivity contribution < 1.29 is 4.52 Å². The Morgan fingerprint density at radius 3 is 2.76 bits per heavy atom. The number of fused-ring (bicyclic) bond motifs is 1. The van der Waals surface area contributed by atoms with Gasteiger partial charge < -0.3 is 15.6 Å². The minimum Gasteiger partial charge on any atom is -0.383 e. The van der Waals surface area contributed by atoms with Gasteiger partial charge in [-0.1, -0.05) is 29.4 Å². The van der Waals surface area contributed by atoms with Crippen LogP contribution in [0.5, 0.6) is 0 Å². The SMILES string of the molecule is Cc1nc(-c2cccc(Nc3ncc(-c4cccc5[nH]ncc45)c(N)n3)c2)no1. The number of benzene rings is 2. The van der Waals surface area contributed by atoms with Gasteiger partial charge in [0.05, 0.1) is 11.7 Å². The van der Waals surface area contributed by atoms with E-state index in [1.807, 2.05) is 42.5 Å². The highest BCUT2D eigenvalue weighted by Gasteiger charge is 2.12. The predicted octanol–water partition coefficient (Wildman–Crippen LogP) is 3.70. The second-order valence-corrected chi connectivity index (χ2v) is 6.47. The zero-order valence-electron chi connectivity index (χ0n) is 15.4. The van der Waals surface area contributed by atoms with E-state index in [-0.39, 0.29) is 0 Å². The number of aromatic nitrogens is 6. The Morgan fingerprint density at radius 1 is 1.03 bits per heavy atom. The topological polar surface area (TPSA) is 131 Å². The van der Waals surface area contributed by atoms with Gasteiger partial charge in [0, 0.05) is 35.3 Å². The molecule has 29 heavy (non-hydrogen) atoms. The van der Waals surface area contributed by atoms with Gasteiger partial charge in [0.2, 0.25) is 17.7 Å². The highest BCUT2D eigenvalue weighted by atomic mass is 16.5. The van der Waals surface area contributed by atoms with Crippen LogP contribution in [-0.4, -0.2) is 30.3 Å². The second kappa shape index (κ2) is 6.71. The molecule has 142 valence electrons. The Hall–Kier alpha value is -4.27. The number of rotatable bonds is 4. The number of nitrogens with zero attached hydrogens (tertiary/aromatic N) is 5. The van der Waals surface area contributed by atoms with E-state index < -0.39 is 0 Å². The zero-order valence-corrected chi connectivity index (χ0v) is 15.4. The molecular weight excluding hydrogens is 368 g/mol. The van der Waals surface area contributed by atoms with Gasteiger partial charge in [0.15, 0.2) is 0 Å². The van der Waals surface area contributed by atoms with Crippen molar-refractivity contribution in [3.63, 3.8) is 0 Å². The lowest BCUT2D eigenvalue weighted by Crippen LogP contribution is -2.02. The van der Waals surface area contributed by atoms with E-state index in [4.69, 9.17) is 10.3 Å². The number of H-pyrrole nitrogens is 1. The Kier molecular flexibility index (Phi) is 3.91. The van der Waals surface area contributed by atoms with Crippen molar-refractivity contribution >= 4 is 28.4 Å². The molecule has 0 aliphatic rings. The first-order valence-electron chi connectivity index (χ1n) is 8.90. The maximum absolute atomic E-state index is 6.24. The normalized spacial score (nSPS) is 11.1.